The second-order valence-electron chi connectivity index (χ2n) is 6.65. The van der Waals surface area contributed by atoms with E-state index in [9.17, 15) is 13.2 Å². The monoisotopic (exact) mass is 340 g/mol. The van der Waals surface area contributed by atoms with E-state index >= 15 is 0 Å². The Bertz CT molecular complexity index is 844. The van der Waals surface area contributed by atoms with E-state index in [1.54, 1.807) is 6.07 Å². The van der Waals surface area contributed by atoms with Crippen LogP contribution in [0.3, 0.4) is 0 Å². The van der Waals surface area contributed by atoms with Gasteiger partial charge in [0.25, 0.3) is 0 Å². The predicted octanol–water partition coefficient (Wildman–Crippen LogP) is 6.70. The van der Waals surface area contributed by atoms with Gasteiger partial charge in [-0.3, -0.25) is 0 Å². The van der Waals surface area contributed by atoms with Crippen LogP contribution in [-0.2, 0) is 11.6 Å². The van der Waals surface area contributed by atoms with Gasteiger partial charge in [-0.15, -0.1) is 0 Å². The summed E-state index contributed by atoms with van der Waals surface area (Å²) in [6.45, 7) is 4.28. The lowest BCUT2D eigenvalue weighted by atomic mass is 9.78. The van der Waals surface area contributed by atoms with Crippen molar-refractivity contribution in [1.29, 1.82) is 0 Å². The van der Waals surface area contributed by atoms with Gasteiger partial charge in [0, 0.05) is 5.41 Å². The molecule has 0 spiro atoms. The Kier molecular flexibility index (Phi) is 4.42. The molecule has 0 aliphatic rings. The van der Waals surface area contributed by atoms with Crippen molar-refractivity contribution >= 4 is 0 Å². The summed E-state index contributed by atoms with van der Waals surface area (Å²) < 4.78 is 38.7. The predicted molar refractivity (Wildman–Crippen MR) is 95.5 cm³/mol. The molecule has 25 heavy (non-hydrogen) atoms. The lowest BCUT2D eigenvalue weighted by Gasteiger charge is -2.26. The van der Waals surface area contributed by atoms with E-state index in [2.05, 4.69) is 26.0 Å². The molecule has 0 saturated heterocycles. The molecule has 0 nitrogen and oxygen atoms in total. The molecule has 0 unspecified atom stereocenters. The van der Waals surface area contributed by atoms with Crippen LogP contribution in [0.1, 0.15) is 30.5 Å². The summed E-state index contributed by atoms with van der Waals surface area (Å²) in [7, 11) is 0. The van der Waals surface area contributed by atoms with Crippen LogP contribution in [-0.4, -0.2) is 0 Å². The van der Waals surface area contributed by atoms with E-state index in [1.807, 2.05) is 42.5 Å². The van der Waals surface area contributed by atoms with Gasteiger partial charge in [0.15, 0.2) is 0 Å². The molecule has 0 aliphatic carbocycles. The molecule has 0 fully saturated rings. The van der Waals surface area contributed by atoms with Gasteiger partial charge in [-0.25, -0.2) is 0 Å². The van der Waals surface area contributed by atoms with Crippen LogP contribution >= 0.6 is 0 Å². The standard InChI is InChI=1S/C22H19F3/c1-21(2,18-8-4-3-5-9-18)19-13-11-16(12-14-19)17-7-6-10-20(15-17)22(23,24)25/h3-15H,1-2H3. The van der Waals surface area contributed by atoms with Gasteiger partial charge in [0.05, 0.1) is 5.56 Å². The number of halogens is 3. The van der Waals surface area contributed by atoms with Crippen LogP contribution in [0.4, 0.5) is 13.2 Å². The number of rotatable bonds is 3. The molecule has 3 rings (SSSR count). The topological polar surface area (TPSA) is 0 Å². The van der Waals surface area contributed by atoms with Crippen LogP contribution in [0.5, 0.6) is 0 Å². The smallest absolute Gasteiger partial charge is 0.166 e. The Hall–Kier alpha value is -2.55. The molecule has 3 aromatic carbocycles. The summed E-state index contributed by atoms with van der Waals surface area (Å²) in [6, 6.07) is 23.3. The largest absolute Gasteiger partial charge is 0.416 e. The van der Waals surface area contributed by atoms with Gasteiger partial charge in [0.2, 0.25) is 0 Å². The van der Waals surface area contributed by atoms with Crippen molar-refractivity contribution in [2.24, 2.45) is 0 Å². The Labute approximate surface area is 146 Å². The second kappa shape index (κ2) is 6.40. The minimum Gasteiger partial charge on any atom is -0.166 e. The zero-order chi connectivity index (χ0) is 18.1. The lowest BCUT2D eigenvalue weighted by molar-refractivity contribution is -0.137. The van der Waals surface area contributed by atoms with Crippen LogP contribution < -0.4 is 0 Å². The van der Waals surface area contributed by atoms with Gasteiger partial charge in [-0.2, -0.15) is 13.2 Å². The number of alkyl halides is 3. The van der Waals surface area contributed by atoms with Crippen LogP contribution in [0.15, 0.2) is 78.9 Å². The zero-order valence-electron chi connectivity index (χ0n) is 14.1. The van der Waals surface area contributed by atoms with Crippen molar-refractivity contribution in [1.82, 2.24) is 0 Å². The highest BCUT2D eigenvalue weighted by molar-refractivity contribution is 5.65. The first-order chi connectivity index (χ1) is 11.8. The third-order valence-corrected chi connectivity index (χ3v) is 4.63. The average Bonchev–Trinajstić information content (AvgIpc) is 2.62. The number of benzene rings is 3. The summed E-state index contributed by atoms with van der Waals surface area (Å²) in [5.74, 6) is 0. The molecular formula is C22H19F3. The van der Waals surface area contributed by atoms with Crippen molar-refractivity contribution in [3.8, 4) is 11.1 Å². The highest BCUT2D eigenvalue weighted by atomic mass is 19.4. The average molecular weight is 340 g/mol. The third-order valence-electron chi connectivity index (χ3n) is 4.63. The molecule has 0 bridgehead atoms. The fourth-order valence-corrected chi connectivity index (χ4v) is 2.98. The zero-order valence-corrected chi connectivity index (χ0v) is 14.1. The highest BCUT2D eigenvalue weighted by Gasteiger charge is 2.30. The molecule has 0 heterocycles. The first-order valence-corrected chi connectivity index (χ1v) is 8.12. The number of hydrogen-bond donors (Lipinski definition) is 0. The Morgan fingerprint density at radius 2 is 1.12 bits per heavy atom. The summed E-state index contributed by atoms with van der Waals surface area (Å²) >= 11 is 0. The molecule has 0 saturated carbocycles. The SMILES string of the molecule is CC(C)(c1ccccc1)c1ccc(-c2cccc(C(F)(F)F)c2)cc1. The normalized spacial score (nSPS) is 12.2. The van der Waals surface area contributed by atoms with E-state index < -0.39 is 11.7 Å². The van der Waals surface area contributed by atoms with E-state index in [1.165, 1.54) is 17.7 Å². The first-order valence-electron chi connectivity index (χ1n) is 8.12. The molecule has 128 valence electrons. The molecule has 0 aromatic heterocycles. The Morgan fingerprint density at radius 3 is 1.72 bits per heavy atom. The van der Waals surface area contributed by atoms with Gasteiger partial charge in [-0.05, 0) is 34.4 Å². The van der Waals surface area contributed by atoms with Crippen LogP contribution in [0, 0.1) is 0 Å². The molecule has 0 amide bonds. The lowest BCUT2D eigenvalue weighted by Crippen LogP contribution is -2.18. The van der Waals surface area contributed by atoms with Crippen molar-refractivity contribution in [2.45, 2.75) is 25.4 Å². The van der Waals surface area contributed by atoms with E-state index in [0.717, 1.165) is 17.2 Å². The summed E-state index contributed by atoms with van der Waals surface area (Å²) in [5.41, 5.74) is 2.86. The molecule has 0 N–H and O–H groups in total. The van der Waals surface area contributed by atoms with Gasteiger partial charge < -0.3 is 0 Å². The number of hydrogen-bond acceptors (Lipinski definition) is 0. The van der Waals surface area contributed by atoms with E-state index in [4.69, 9.17) is 0 Å². The Morgan fingerprint density at radius 1 is 0.560 bits per heavy atom. The molecule has 3 heteroatoms. The molecule has 3 aromatic rings. The van der Waals surface area contributed by atoms with E-state index in [-0.39, 0.29) is 5.41 Å². The van der Waals surface area contributed by atoms with Crippen LogP contribution in [0.25, 0.3) is 11.1 Å². The highest BCUT2D eigenvalue weighted by Crippen LogP contribution is 2.34. The first kappa shape index (κ1) is 17.3. The summed E-state index contributed by atoms with van der Waals surface area (Å²) in [6.07, 6.45) is -4.33. The van der Waals surface area contributed by atoms with Gasteiger partial charge >= 0.3 is 6.18 Å². The molecular weight excluding hydrogens is 321 g/mol. The molecule has 0 atom stereocenters. The van der Waals surface area contributed by atoms with Crippen molar-refractivity contribution in [3.63, 3.8) is 0 Å². The Balaban J connectivity index is 1.93. The van der Waals surface area contributed by atoms with Gasteiger partial charge in [-0.1, -0.05) is 80.6 Å². The summed E-state index contributed by atoms with van der Waals surface area (Å²) in [5, 5.41) is 0. The van der Waals surface area contributed by atoms with Crippen molar-refractivity contribution in [2.75, 3.05) is 0 Å². The minimum atomic E-state index is -4.33. The fraction of sp³-hybridized carbons (Fsp3) is 0.182. The van der Waals surface area contributed by atoms with E-state index in [0.29, 0.717) is 5.56 Å². The maximum Gasteiger partial charge on any atom is 0.416 e. The van der Waals surface area contributed by atoms with Crippen LogP contribution in [0.2, 0.25) is 0 Å². The minimum absolute atomic E-state index is 0.173. The maximum atomic E-state index is 12.9. The van der Waals surface area contributed by atoms with Crippen molar-refractivity contribution in [3.05, 3.63) is 95.6 Å². The van der Waals surface area contributed by atoms with Crippen molar-refractivity contribution < 1.29 is 13.2 Å². The maximum absolute atomic E-state index is 12.9. The summed E-state index contributed by atoms with van der Waals surface area (Å²) in [4.78, 5) is 0. The fourth-order valence-electron chi connectivity index (χ4n) is 2.98. The molecule has 0 aliphatic heterocycles. The molecule has 0 radical (unpaired) electrons. The quantitative estimate of drug-likeness (QED) is 0.498. The second-order valence-corrected chi connectivity index (χ2v) is 6.65. The third kappa shape index (κ3) is 3.60. The van der Waals surface area contributed by atoms with Gasteiger partial charge in [0.1, 0.15) is 0 Å².